The van der Waals surface area contributed by atoms with Crippen molar-refractivity contribution in [3.63, 3.8) is 0 Å². The summed E-state index contributed by atoms with van der Waals surface area (Å²) < 4.78 is 35.7. The number of carbonyl (C=O) groups excluding carboxylic acids is 1. The fourth-order valence-corrected chi connectivity index (χ4v) is 2.74. The molecule has 7 nitrogen and oxygen atoms in total. The van der Waals surface area contributed by atoms with Crippen LogP contribution in [0.1, 0.15) is 13.8 Å². The van der Waals surface area contributed by atoms with Crippen molar-refractivity contribution >= 4 is 21.6 Å². The lowest BCUT2D eigenvalue weighted by Crippen LogP contribution is -2.41. The zero-order chi connectivity index (χ0) is 17.5. The van der Waals surface area contributed by atoms with Gasteiger partial charge in [0.25, 0.3) is 0 Å². The lowest BCUT2D eigenvalue weighted by molar-refractivity contribution is -0.119. The number of rotatable bonds is 9. The summed E-state index contributed by atoms with van der Waals surface area (Å²) in [6, 6.07) is 6.74. The minimum Gasteiger partial charge on any atom is -0.489 e. The van der Waals surface area contributed by atoms with Gasteiger partial charge in [-0.05, 0) is 26.0 Å². The van der Waals surface area contributed by atoms with Crippen LogP contribution >= 0.6 is 0 Å². The first-order valence-corrected chi connectivity index (χ1v) is 9.09. The van der Waals surface area contributed by atoms with Gasteiger partial charge in [-0.1, -0.05) is 12.1 Å². The van der Waals surface area contributed by atoms with Gasteiger partial charge in [0.1, 0.15) is 12.3 Å². The average molecular weight is 344 g/mol. The molecule has 0 aliphatic carbocycles. The van der Waals surface area contributed by atoms with Gasteiger partial charge in [0.05, 0.1) is 24.7 Å². The molecule has 23 heavy (non-hydrogen) atoms. The third-order valence-electron chi connectivity index (χ3n) is 2.81. The van der Waals surface area contributed by atoms with Crippen molar-refractivity contribution in [2.24, 2.45) is 0 Å². The summed E-state index contributed by atoms with van der Waals surface area (Å²) in [7, 11) is -2.12. The highest BCUT2D eigenvalue weighted by atomic mass is 32.2. The van der Waals surface area contributed by atoms with Crippen molar-refractivity contribution in [2.45, 2.75) is 20.0 Å². The van der Waals surface area contributed by atoms with Gasteiger partial charge in [-0.3, -0.25) is 9.10 Å². The Morgan fingerprint density at radius 2 is 1.96 bits per heavy atom. The van der Waals surface area contributed by atoms with E-state index in [1.165, 1.54) is 7.11 Å². The molecule has 0 aliphatic rings. The number of benzene rings is 1. The van der Waals surface area contributed by atoms with Gasteiger partial charge in [0, 0.05) is 13.7 Å². The quantitative estimate of drug-likeness (QED) is 0.676. The molecule has 0 heterocycles. The Hall–Kier alpha value is -1.80. The number of para-hydroxylation sites is 2. The molecule has 130 valence electrons. The monoisotopic (exact) mass is 344 g/mol. The van der Waals surface area contributed by atoms with Crippen LogP contribution in [0, 0.1) is 0 Å². The number of carbonyl (C=O) groups is 1. The maximum absolute atomic E-state index is 12.1. The smallest absolute Gasteiger partial charge is 0.240 e. The van der Waals surface area contributed by atoms with Crippen molar-refractivity contribution < 1.29 is 22.7 Å². The van der Waals surface area contributed by atoms with E-state index in [1.54, 1.807) is 24.3 Å². The number of nitrogens with zero attached hydrogens (tertiary/aromatic N) is 1. The molecule has 1 aromatic carbocycles. The Balaban J connectivity index is 3.02. The number of hydrogen-bond acceptors (Lipinski definition) is 5. The highest BCUT2D eigenvalue weighted by Crippen LogP contribution is 2.30. The van der Waals surface area contributed by atoms with Crippen LogP contribution in [0.2, 0.25) is 0 Å². The molecule has 0 aromatic heterocycles. The largest absolute Gasteiger partial charge is 0.489 e. The van der Waals surface area contributed by atoms with Crippen molar-refractivity contribution in [2.75, 3.05) is 37.4 Å². The topological polar surface area (TPSA) is 84.9 Å². The molecule has 0 saturated heterocycles. The number of ether oxygens (including phenoxy) is 2. The van der Waals surface area contributed by atoms with Crippen molar-refractivity contribution in [1.82, 2.24) is 5.32 Å². The SMILES string of the molecule is COCCNC(=O)CN(c1ccccc1OC(C)C)S(C)(=O)=O. The summed E-state index contributed by atoms with van der Waals surface area (Å²) in [4.78, 5) is 12.0. The summed E-state index contributed by atoms with van der Waals surface area (Å²) in [5.41, 5.74) is 0.339. The Morgan fingerprint density at radius 1 is 1.30 bits per heavy atom. The first-order valence-electron chi connectivity index (χ1n) is 7.24. The van der Waals surface area contributed by atoms with E-state index in [2.05, 4.69) is 5.32 Å². The molecule has 8 heteroatoms. The van der Waals surface area contributed by atoms with E-state index in [1.807, 2.05) is 13.8 Å². The molecule has 1 amide bonds. The van der Waals surface area contributed by atoms with E-state index in [-0.39, 0.29) is 12.6 Å². The number of sulfonamides is 1. The maximum Gasteiger partial charge on any atom is 0.240 e. The van der Waals surface area contributed by atoms with Gasteiger partial charge in [-0.2, -0.15) is 0 Å². The number of methoxy groups -OCH3 is 1. The molecule has 0 unspecified atom stereocenters. The Morgan fingerprint density at radius 3 is 2.52 bits per heavy atom. The predicted octanol–water partition coefficient (Wildman–Crippen LogP) is 1.00. The standard InChI is InChI=1S/C15H24N2O5S/c1-12(2)22-14-8-6-5-7-13(14)17(23(4,19)20)11-15(18)16-9-10-21-3/h5-8,12H,9-11H2,1-4H3,(H,16,18). The molecule has 1 rings (SSSR count). The van der Waals surface area contributed by atoms with Gasteiger partial charge in [0.2, 0.25) is 15.9 Å². The molecular formula is C15H24N2O5S. The van der Waals surface area contributed by atoms with Crippen LogP contribution in [-0.2, 0) is 19.6 Å². The summed E-state index contributed by atoms with van der Waals surface area (Å²) in [5, 5.41) is 2.61. The van der Waals surface area contributed by atoms with E-state index in [4.69, 9.17) is 9.47 Å². The molecular weight excluding hydrogens is 320 g/mol. The van der Waals surface area contributed by atoms with Crippen LogP contribution in [0.25, 0.3) is 0 Å². The number of amides is 1. The predicted molar refractivity (Wildman–Crippen MR) is 89.3 cm³/mol. The minimum atomic E-state index is -3.64. The van der Waals surface area contributed by atoms with Gasteiger partial charge in [-0.15, -0.1) is 0 Å². The summed E-state index contributed by atoms with van der Waals surface area (Å²) in [5.74, 6) is 0.00411. The lowest BCUT2D eigenvalue weighted by atomic mass is 10.3. The Bertz CT molecular complexity index is 616. The third-order valence-corrected chi connectivity index (χ3v) is 3.94. The van der Waals surface area contributed by atoms with E-state index < -0.39 is 15.9 Å². The molecule has 0 aliphatic heterocycles. The van der Waals surface area contributed by atoms with Crippen molar-refractivity contribution in [3.8, 4) is 5.75 Å². The van der Waals surface area contributed by atoms with Crippen LogP contribution in [0.5, 0.6) is 5.75 Å². The molecule has 0 saturated carbocycles. The number of nitrogens with one attached hydrogen (secondary N) is 1. The van der Waals surface area contributed by atoms with E-state index in [0.717, 1.165) is 10.6 Å². The highest BCUT2D eigenvalue weighted by Gasteiger charge is 2.24. The second kappa shape index (κ2) is 8.73. The third kappa shape index (κ3) is 6.45. The van der Waals surface area contributed by atoms with Crippen LogP contribution in [0.3, 0.4) is 0 Å². The highest BCUT2D eigenvalue weighted by molar-refractivity contribution is 7.92. The molecule has 1 aromatic rings. The molecule has 0 fully saturated rings. The van der Waals surface area contributed by atoms with E-state index in [9.17, 15) is 13.2 Å². The second-order valence-corrected chi connectivity index (χ2v) is 7.15. The zero-order valence-electron chi connectivity index (χ0n) is 13.9. The lowest BCUT2D eigenvalue weighted by Gasteiger charge is -2.25. The first kappa shape index (κ1) is 19.2. The van der Waals surface area contributed by atoms with Crippen LogP contribution in [0.15, 0.2) is 24.3 Å². The van der Waals surface area contributed by atoms with Crippen LogP contribution in [0.4, 0.5) is 5.69 Å². The molecule has 0 bridgehead atoms. The van der Waals surface area contributed by atoms with E-state index >= 15 is 0 Å². The molecule has 1 N–H and O–H groups in total. The van der Waals surface area contributed by atoms with Crippen molar-refractivity contribution in [1.29, 1.82) is 0 Å². The number of anilines is 1. The second-order valence-electron chi connectivity index (χ2n) is 5.25. The van der Waals surface area contributed by atoms with Gasteiger partial charge in [0.15, 0.2) is 0 Å². The maximum atomic E-state index is 12.1. The minimum absolute atomic E-state index is 0.118. The normalized spacial score (nSPS) is 11.3. The molecule has 0 radical (unpaired) electrons. The fourth-order valence-electron chi connectivity index (χ4n) is 1.88. The first-order chi connectivity index (χ1) is 10.8. The van der Waals surface area contributed by atoms with Gasteiger partial charge < -0.3 is 14.8 Å². The molecule has 0 atom stereocenters. The van der Waals surface area contributed by atoms with Crippen LogP contribution in [-0.4, -0.2) is 53.5 Å². The van der Waals surface area contributed by atoms with Gasteiger partial charge >= 0.3 is 0 Å². The summed E-state index contributed by atoms with van der Waals surface area (Å²) in [6.45, 7) is 4.05. The Kier molecular flexibility index (Phi) is 7.31. The van der Waals surface area contributed by atoms with Crippen molar-refractivity contribution in [3.05, 3.63) is 24.3 Å². The Labute approximate surface area is 137 Å². The zero-order valence-corrected chi connectivity index (χ0v) is 14.7. The van der Waals surface area contributed by atoms with Gasteiger partial charge in [-0.25, -0.2) is 8.42 Å². The fraction of sp³-hybridized carbons (Fsp3) is 0.533. The average Bonchev–Trinajstić information content (AvgIpc) is 2.44. The molecule has 0 spiro atoms. The van der Waals surface area contributed by atoms with Crippen LogP contribution < -0.4 is 14.4 Å². The summed E-state index contributed by atoms with van der Waals surface area (Å²) >= 11 is 0. The summed E-state index contributed by atoms with van der Waals surface area (Å²) in [6.07, 6.45) is 0.940. The van der Waals surface area contributed by atoms with E-state index in [0.29, 0.717) is 24.6 Å². The number of hydrogen-bond donors (Lipinski definition) is 1.